The van der Waals surface area contributed by atoms with Gasteiger partial charge in [0.25, 0.3) is 0 Å². The lowest BCUT2D eigenvalue weighted by atomic mass is 9.95. The zero-order valence-corrected chi connectivity index (χ0v) is 10.7. The van der Waals surface area contributed by atoms with E-state index in [2.05, 4.69) is 39.0 Å². The first-order valence-electron chi connectivity index (χ1n) is 6.31. The van der Waals surface area contributed by atoms with E-state index in [0.29, 0.717) is 11.8 Å². The third-order valence-electron chi connectivity index (χ3n) is 3.76. The van der Waals surface area contributed by atoms with Crippen LogP contribution in [0.2, 0.25) is 0 Å². The minimum Gasteiger partial charge on any atom is -0.481 e. The molecule has 0 bridgehead atoms. The van der Waals surface area contributed by atoms with Crippen LogP contribution < -0.4 is 0 Å². The van der Waals surface area contributed by atoms with Crippen LogP contribution in [0, 0.1) is 18.8 Å². The number of aliphatic carboxylic acids is 1. The summed E-state index contributed by atoms with van der Waals surface area (Å²) in [6.45, 7) is 6.48. The van der Waals surface area contributed by atoms with E-state index in [9.17, 15) is 4.79 Å². The van der Waals surface area contributed by atoms with Gasteiger partial charge in [-0.2, -0.15) is 0 Å². The molecule has 1 aromatic rings. The average Bonchev–Trinajstić information content (AvgIpc) is 3.00. The molecule has 0 spiro atoms. The lowest BCUT2D eigenvalue weighted by molar-refractivity contribution is -0.138. The Kier molecular flexibility index (Phi) is 3.23. The first-order valence-corrected chi connectivity index (χ1v) is 6.31. The van der Waals surface area contributed by atoms with Crippen molar-refractivity contribution in [3.05, 3.63) is 34.9 Å². The third-order valence-corrected chi connectivity index (χ3v) is 3.76. The molecule has 2 rings (SSSR count). The molecular formula is C15H20O2. The zero-order valence-electron chi connectivity index (χ0n) is 10.7. The average molecular weight is 232 g/mol. The molecule has 2 atom stereocenters. The van der Waals surface area contributed by atoms with E-state index < -0.39 is 5.97 Å². The van der Waals surface area contributed by atoms with Crippen molar-refractivity contribution in [1.82, 2.24) is 0 Å². The summed E-state index contributed by atoms with van der Waals surface area (Å²) in [6, 6.07) is 6.57. The highest BCUT2D eigenvalue weighted by Gasteiger charge is 2.42. The summed E-state index contributed by atoms with van der Waals surface area (Å²) in [5.74, 6) is 0.155. The molecule has 0 aromatic heterocycles. The molecule has 2 nitrogen and oxygen atoms in total. The molecule has 0 radical (unpaired) electrons. The van der Waals surface area contributed by atoms with Crippen molar-refractivity contribution in [2.75, 3.05) is 0 Å². The van der Waals surface area contributed by atoms with Crippen LogP contribution in [-0.4, -0.2) is 11.1 Å². The third kappa shape index (κ3) is 2.68. The van der Waals surface area contributed by atoms with Gasteiger partial charge in [0.2, 0.25) is 0 Å². The van der Waals surface area contributed by atoms with Crippen molar-refractivity contribution in [3.8, 4) is 0 Å². The normalized spacial score (nSPS) is 22.8. The Bertz CT molecular complexity index is 435. The topological polar surface area (TPSA) is 37.3 Å². The standard InChI is InChI=1S/C15H20O2/c1-9(2)11-5-4-10(3)12(6-11)7-13-8-14(13)15(16)17/h4-6,9,13-14H,7-8H2,1-3H3,(H,16,17). The Balaban J connectivity index is 2.10. The smallest absolute Gasteiger partial charge is 0.306 e. The van der Waals surface area contributed by atoms with Crippen molar-refractivity contribution in [2.24, 2.45) is 11.8 Å². The number of hydrogen-bond donors (Lipinski definition) is 1. The molecule has 17 heavy (non-hydrogen) atoms. The number of rotatable bonds is 4. The SMILES string of the molecule is Cc1ccc(C(C)C)cc1CC1CC1C(=O)O. The maximum atomic E-state index is 10.8. The number of carbonyl (C=O) groups is 1. The minimum absolute atomic E-state index is 0.0999. The monoisotopic (exact) mass is 232 g/mol. The Morgan fingerprint density at radius 2 is 2.18 bits per heavy atom. The summed E-state index contributed by atoms with van der Waals surface area (Å²) >= 11 is 0. The first-order chi connectivity index (χ1) is 7.99. The fourth-order valence-corrected chi connectivity index (χ4v) is 2.33. The van der Waals surface area contributed by atoms with Gasteiger partial charge in [-0.25, -0.2) is 0 Å². The summed E-state index contributed by atoms with van der Waals surface area (Å²) in [5, 5.41) is 8.91. The van der Waals surface area contributed by atoms with Crippen LogP contribution in [0.25, 0.3) is 0 Å². The highest BCUT2D eigenvalue weighted by molar-refractivity contribution is 5.73. The Labute approximate surface area is 103 Å². The molecule has 2 heteroatoms. The fourth-order valence-electron chi connectivity index (χ4n) is 2.33. The molecule has 0 amide bonds. The van der Waals surface area contributed by atoms with E-state index in [-0.39, 0.29) is 5.92 Å². The number of carboxylic acid groups (broad SMARTS) is 1. The van der Waals surface area contributed by atoms with E-state index in [0.717, 1.165) is 12.8 Å². The van der Waals surface area contributed by atoms with Crippen LogP contribution in [0.15, 0.2) is 18.2 Å². The summed E-state index contributed by atoms with van der Waals surface area (Å²) in [4.78, 5) is 10.8. The highest BCUT2D eigenvalue weighted by atomic mass is 16.4. The van der Waals surface area contributed by atoms with Crippen molar-refractivity contribution < 1.29 is 9.90 Å². The Hall–Kier alpha value is -1.31. The molecule has 1 N–H and O–H groups in total. The molecule has 92 valence electrons. The number of benzene rings is 1. The van der Waals surface area contributed by atoms with Gasteiger partial charge in [-0.05, 0) is 48.3 Å². The van der Waals surface area contributed by atoms with Crippen molar-refractivity contribution >= 4 is 5.97 Å². The summed E-state index contributed by atoms with van der Waals surface area (Å²) in [5.41, 5.74) is 3.95. The van der Waals surface area contributed by atoms with E-state index in [1.165, 1.54) is 16.7 Å². The minimum atomic E-state index is -0.632. The molecule has 1 aliphatic carbocycles. The first kappa shape index (κ1) is 12.2. The lowest BCUT2D eigenvalue weighted by Crippen LogP contribution is -2.02. The Morgan fingerprint density at radius 3 is 2.71 bits per heavy atom. The van der Waals surface area contributed by atoms with Gasteiger partial charge in [-0.15, -0.1) is 0 Å². The van der Waals surface area contributed by atoms with Gasteiger partial charge in [0.05, 0.1) is 5.92 Å². The maximum Gasteiger partial charge on any atom is 0.306 e. The van der Waals surface area contributed by atoms with E-state index in [4.69, 9.17) is 5.11 Å². The molecule has 2 unspecified atom stereocenters. The fraction of sp³-hybridized carbons (Fsp3) is 0.533. The molecule has 1 aliphatic rings. The van der Waals surface area contributed by atoms with Gasteiger partial charge in [0.1, 0.15) is 0 Å². The van der Waals surface area contributed by atoms with Crippen molar-refractivity contribution in [1.29, 1.82) is 0 Å². The second-order valence-electron chi connectivity index (χ2n) is 5.49. The summed E-state index contributed by atoms with van der Waals surface area (Å²) in [6.07, 6.45) is 1.77. The number of aryl methyl sites for hydroxylation is 1. The predicted molar refractivity (Wildman–Crippen MR) is 68.2 cm³/mol. The highest BCUT2D eigenvalue weighted by Crippen LogP contribution is 2.41. The van der Waals surface area contributed by atoms with Crippen molar-refractivity contribution in [2.45, 2.75) is 39.5 Å². The number of hydrogen-bond acceptors (Lipinski definition) is 1. The molecule has 1 saturated carbocycles. The van der Waals surface area contributed by atoms with Crippen LogP contribution in [0.1, 0.15) is 42.9 Å². The molecular weight excluding hydrogens is 212 g/mol. The quantitative estimate of drug-likeness (QED) is 0.864. The van der Waals surface area contributed by atoms with Gasteiger partial charge in [0, 0.05) is 0 Å². The van der Waals surface area contributed by atoms with Gasteiger partial charge >= 0.3 is 5.97 Å². The van der Waals surface area contributed by atoms with Gasteiger partial charge < -0.3 is 5.11 Å². The predicted octanol–water partition coefficient (Wildman–Crippen LogP) is 3.38. The number of carboxylic acids is 1. The molecule has 1 aromatic carbocycles. The van der Waals surface area contributed by atoms with Crippen LogP contribution in [0.3, 0.4) is 0 Å². The van der Waals surface area contributed by atoms with E-state index >= 15 is 0 Å². The molecule has 0 aliphatic heterocycles. The van der Waals surface area contributed by atoms with E-state index in [1.807, 2.05) is 0 Å². The van der Waals surface area contributed by atoms with Crippen LogP contribution >= 0.6 is 0 Å². The summed E-state index contributed by atoms with van der Waals surface area (Å²) in [7, 11) is 0. The zero-order chi connectivity index (χ0) is 12.6. The largest absolute Gasteiger partial charge is 0.481 e. The molecule has 1 fully saturated rings. The van der Waals surface area contributed by atoms with Gasteiger partial charge in [-0.3, -0.25) is 4.79 Å². The van der Waals surface area contributed by atoms with Crippen LogP contribution in [0.4, 0.5) is 0 Å². The Morgan fingerprint density at radius 1 is 1.47 bits per heavy atom. The van der Waals surface area contributed by atoms with Gasteiger partial charge in [-0.1, -0.05) is 32.0 Å². The second-order valence-corrected chi connectivity index (χ2v) is 5.49. The van der Waals surface area contributed by atoms with Crippen LogP contribution in [-0.2, 0) is 11.2 Å². The lowest BCUT2D eigenvalue weighted by Gasteiger charge is -2.11. The molecule has 0 heterocycles. The van der Waals surface area contributed by atoms with Crippen LogP contribution in [0.5, 0.6) is 0 Å². The summed E-state index contributed by atoms with van der Waals surface area (Å²) < 4.78 is 0. The van der Waals surface area contributed by atoms with Gasteiger partial charge in [0.15, 0.2) is 0 Å². The van der Waals surface area contributed by atoms with Crippen molar-refractivity contribution in [3.63, 3.8) is 0 Å². The molecule has 0 saturated heterocycles. The maximum absolute atomic E-state index is 10.8. The second kappa shape index (κ2) is 4.52. The van der Waals surface area contributed by atoms with E-state index in [1.54, 1.807) is 0 Å².